The number of thioether (sulfide) groups is 1. The van der Waals surface area contributed by atoms with E-state index < -0.39 is 0 Å². The highest BCUT2D eigenvalue weighted by atomic mass is 35.5. The van der Waals surface area contributed by atoms with Gasteiger partial charge in [-0.15, -0.1) is 5.10 Å². The van der Waals surface area contributed by atoms with Crippen LogP contribution in [0.1, 0.15) is 11.1 Å². The molecule has 6 heteroatoms. The Bertz CT molecular complexity index is 639. The Morgan fingerprint density at radius 3 is 2.48 bits per heavy atom. The van der Waals surface area contributed by atoms with Crippen molar-refractivity contribution in [1.29, 1.82) is 0 Å². The summed E-state index contributed by atoms with van der Waals surface area (Å²) in [6, 6.07) is 14.2. The average molecular weight is 320 g/mol. The number of nitrogens with zero attached hydrogens (tertiary/aromatic N) is 2. The maximum Gasteiger partial charge on any atom is 0.180 e. The zero-order valence-corrected chi connectivity index (χ0v) is 12.7. The van der Waals surface area contributed by atoms with E-state index in [1.165, 1.54) is 11.8 Å². The second kappa shape index (κ2) is 7.71. The Kier molecular flexibility index (Phi) is 5.66. The smallest absolute Gasteiger partial charge is 0.180 e. The fraction of sp³-hybridized carbons (Fsp3) is 0.0667. The van der Waals surface area contributed by atoms with E-state index in [1.807, 2.05) is 24.3 Å². The van der Waals surface area contributed by atoms with E-state index in [2.05, 4.69) is 10.2 Å². The molecule has 21 heavy (non-hydrogen) atoms. The molecule has 0 bridgehead atoms. The molecule has 0 saturated heterocycles. The van der Waals surface area contributed by atoms with E-state index in [1.54, 1.807) is 30.5 Å². The van der Waals surface area contributed by atoms with Crippen molar-refractivity contribution in [3.63, 3.8) is 0 Å². The van der Waals surface area contributed by atoms with Crippen LogP contribution in [0.4, 0.5) is 0 Å². The third-order valence-electron chi connectivity index (χ3n) is 2.56. The Morgan fingerprint density at radius 2 is 1.81 bits per heavy atom. The number of nitrogens with two attached hydrogens (primary N) is 1. The molecule has 0 aromatic heterocycles. The highest BCUT2D eigenvalue weighted by molar-refractivity contribution is 8.13. The predicted molar refractivity (Wildman–Crippen MR) is 90.1 cm³/mol. The molecular weight excluding hydrogens is 306 g/mol. The minimum Gasteiger partial charge on any atom is -0.508 e. The van der Waals surface area contributed by atoms with Crippen LogP contribution < -0.4 is 5.73 Å². The van der Waals surface area contributed by atoms with E-state index in [0.29, 0.717) is 15.9 Å². The van der Waals surface area contributed by atoms with Crippen LogP contribution in [0, 0.1) is 0 Å². The van der Waals surface area contributed by atoms with Gasteiger partial charge < -0.3 is 10.8 Å². The van der Waals surface area contributed by atoms with Gasteiger partial charge in [-0.05, 0) is 47.5 Å². The van der Waals surface area contributed by atoms with Crippen LogP contribution in [0.25, 0.3) is 0 Å². The maximum atomic E-state index is 9.16. The fourth-order valence-corrected chi connectivity index (χ4v) is 2.22. The van der Waals surface area contributed by atoms with E-state index in [9.17, 15) is 0 Å². The van der Waals surface area contributed by atoms with Gasteiger partial charge in [0.15, 0.2) is 5.17 Å². The van der Waals surface area contributed by atoms with Gasteiger partial charge in [0.25, 0.3) is 0 Å². The molecule has 0 unspecified atom stereocenters. The maximum absolute atomic E-state index is 9.16. The molecule has 4 nitrogen and oxygen atoms in total. The predicted octanol–water partition coefficient (Wildman–Crippen LogP) is 3.63. The van der Waals surface area contributed by atoms with Crippen LogP contribution >= 0.6 is 23.4 Å². The highest BCUT2D eigenvalue weighted by Gasteiger charge is 1.97. The molecule has 0 radical (unpaired) electrons. The largest absolute Gasteiger partial charge is 0.508 e. The van der Waals surface area contributed by atoms with Gasteiger partial charge in [-0.1, -0.05) is 35.5 Å². The first-order valence-electron chi connectivity index (χ1n) is 6.16. The van der Waals surface area contributed by atoms with Crippen molar-refractivity contribution in [1.82, 2.24) is 0 Å². The molecule has 0 fully saturated rings. The topological polar surface area (TPSA) is 71.0 Å². The van der Waals surface area contributed by atoms with Gasteiger partial charge in [0.2, 0.25) is 0 Å². The molecule has 0 spiro atoms. The van der Waals surface area contributed by atoms with Gasteiger partial charge in [-0.3, -0.25) is 0 Å². The molecule has 0 aliphatic carbocycles. The summed E-state index contributed by atoms with van der Waals surface area (Å²) in [6.45, 7) is 0. The fourth-order valence-electron chi connectivity index (χ4n) is 1.48. The first-order valence-corrected chi connectivity index (χ1v) is 7.52. The van der Waals surface area contributed by atoms with Crippen molar-refractivity contribution in [3.05, 3.63) is 64.7 Å². The molecule has 0 aliphatic heterocycles. The molecule has 0 amide bonds. The van der Waals surface area contributed by atoms with Gasteiger partial charge in [0.1, 0.15) is 5.75 Å². The van der Waals surface area contributed by atoms with Crippen molar-refractivity contribution in [2.24, 2.45) is 15.9 Å². The van der Waals surface area contributed by atoms with Crippen molar-refractivity contribution >= 4 is 34.7 Å². The second-order valence-electron chi connectivity index (χ2n) is 4.19. The standard InChI is InChI=1S/C15H14ClN3OS/c16-13-5-1-12(2-6-13)10-21-15(17)19-18-9-11-3-7-14(20)8-4-11/h1-9,20H,10H2,(H2,17,19)/b18-9+. The van der Waals surface area contributed by atoms with E-state index in [0.717, 1.165) is 11.1 Å². The minimum absolute atomic E-state index is 0.216. The van der Waals surface area contributed by atoms with Crippen molar-refractivity contribution in [2.45, 2.75) is 5.75 Å². The Morgan fingerprint density at radius 1 is 1.14 bits per heavy atom. The number of benzene rings is 2. The highest BCUT2D eigenvalue weighted by Crippen LogP contribution is 2.15. The van der Waals surface area contributed by atoms with Crippen LogP contribution in [0.3, 0.4) is 0 Å². The summed E-state index contributed by atoms with van der Waals surface area (Å²) in [6.07, 6.45) is 1.58. The molecule has 2 rings (SSSR count). The summed E-state index contributed by atoms with van der Waals surface area (Å²) < 4.78 is 0. The molecule has 0 aliphatic rings. The van der Waals surface area contributed by atoms with E-state index in [-0.39, 0.29) is 5.75 Å². The van der Waals surface area contributed by atoms with E-state index in [4.69, 9.17) is 22.4 Å². The SMILES string of the molecule is N/C(=N\N=C\c1ccc(O)cc1)SCc1ccc(Cl)cc1. The average Bonchev–Trinajstić information content (AvgIpc) is 2.49. The lowest BCUT2D eigenvalue weighted by Gasteiger charge is -2.00. The molecule has 2 aromatic rings. The van der Waals surface area contributed by atoms with Crippen LogP contribution in [0.2, 0.25) is 5.02 Å². The van der Waals surface area contributed by atoms with Crippen molar-refractivity contribution < 1.29 is 5.11 Å². The number of hydrogen-bond donors (Lipinski definition) is 2. The summed E-state index contributed by atoms with van der Waals surface area (Å²) in [7, 11) is 0. The van der Waals surface area contributed by atoms with Crippen molar-refractivity contribution in [2.75, 3.05) is 0 Å². The van der Waals surface area contributed by atoms with Crippen LogP contribution in [-0.4, -0.2) is 16.5 Å². The number of amidine groups is 1. The van der Waals surface area contributed by atoms with Gasteiger partial charge in [-0.25, -0.2) is 0 Å². The Hall–Kier alpha value is -1.98. The van der Waals surface area contributed by atoms with Gasteiger partial charge >= 0.3 is 0 Å². The minimum atomic E-state index is 0.216. The number of aromatic hydroxyl groups is 1. The summed E-state index contributed by atoms with van der Waals surface area (Å²) in [4.78, 5) is 0. The number of rotatable bonds is 4. The third kappa shape index (κ3) is 5.49. The van der Waals surface area contributed by atoms with E-state index >= 15 is 0 Å². The lowest BCUT2D eigenvalue weighted by Crippen LogP contribution is -2.06. The van der Waals surface area contributed by atoms with Crippen molar-refractivity contribution in [3.8, 4) is 5.75 Å². The summed E-state index contributed by atoms with van der Waals surface area (Å²) >= 11 is 7.22. The lowest BCUT2D eigenvalue weighted by molar-refractivity contribution is 0.475. The number of phenolic OH excluding ortho intramolecular Hbond substituents is 1. The molecule has 108 valence electrons. The summed E-state index contributed by atoms with van der Waals surface area (Å²) in [5, 5.41) is 18.1. The van der Waals surface area contributed by atoms with Gasteiger partial charge in [0, 0.05) is 10.8 Å². The number of phenols is 1. The Balaban J connectivity index is 1.86. The first kappa shape index (κ1) is 15.4. The normalized spacial score (nSPS) is 12.0. The molecule has 3 N–H and O–H groups in total. The van der Waals surface area contributed by atoms with Gasteiger partial charge in [0.05, 0.1) is 6.21 Å². The second-order valence-corrected chi connectivity index (χ2v) is 5.62. The monoisotopic (exact) mass is 319 g/mol. The molecule has 0 heterocycles. The quantitative estimate of drug-likeness (QED) is 0.513. The first-order chi connectivity index (χ1) is 10.1. The zero-order valence-electron chi connectivity index (χ0n) is 11.1. The van der Waals surface area contributed by atoms with Crippen LogP contribution in [0.15, 0.2) is 58.7 Å². The number of hydrogen-bond acceptors (Lipinski definition) is 4. The van der Waals surface area contributed by atoms with Crippen LogP contribution in [-0.2, 0) is 5.75 Å². The molecule has 2 aromatic carbocycles. The molecular formula is C15H14ClN3OS. The molecule has 0 saturated carbocycles. The third-order valence-corrected chi connectivity index (χ3v) is 3.66. The lowest BCUT2D eigenvalue weighted by atomic mass is 10.2. The Labute approximate surface area is 132 Å². The summed E-state index contributed by atoms with van der Waals surface area (Å²) in [5.74, 6) is 0.926. The summed E-state index contributed by atoms with van der Waals surface area (Å²) in [5.41, 5.74) is 7.73. The van der Waals surface area contributed by atoms with Crippen LogP contribution in [0.5, 0.6) is 5.75 Å². The molecule has 0 atom stereocenters. The zero-order chi connectivity index (χ0) is 15.1. The number of halogens is 1. The van der Waals surface area contributed by atoms with Gasteiger partial charge in [-0.2, -0.15) is 5.10 Å².